The second kappa shape index (κ2) is 5.01. The molecule has 21 heavy (non-hydrogen) atoms. The molecule has 7 nitrogen and oxygen atoms in total. The summed E-state index contributed by atoms with van der Waals surface area (Å²) in [7, 11) is 1.56. The highest BCUT2D eigenvalue weighted by Crippen LogP contribution is 2.40. The second-order valence-corrected chi connectivity index (χ2v) is 5.94. The number of carbonyl (C=O) groups excluding carboxylic acids is 1. The number of likely N-dealkylation sites (N-methyl/N-ethyl adjacent to an activating group) is 1. The SMILES string of the molecule is CN1C(=O)/C(=C\c2cc3c(cc2[N+](=O)[O-])OCO3)SC1=S. The van der Waals surface area contributed by atoms with Gasteiger partial charge in [0.05, 0.1) is 21.5 Å². The van der Waals surface area contributed by atoms with Gasteiger partial charge in [-0.15, -0.1) is 0 Å². The first-order valence-corrected chi connectivity index (χ1v) is 6.99. The van der Waals surface area contributed by atoms with Gasteiger partial charge in [0.25, 0.3) is 11.6 Å². The van der Waals surface area contributed by atoms with Crippen LogP contribution in [0.25, 0.3) is 6.08 Å². The third-order valence-electron chi connectivity index (χ3n) is 2.99. The van der Waals surface area contributed by atoms with Gasteiger partial charge < -0.3 is 9.47 Å². The van der Waals surface area contributed by atoms with Gasteiger partial charge in [0.2, 0.25) is 6.79 Å². The van der Waals surface area contributed by atoms with Crippen LogP contribution in [0, 0.1) is 10.1 Å². The van der Waals surface area contributed by atoms with Gasteiger partial charge in [0.15, 0.2) is 11.5 Å². The van der Waals surface area contributed by atoms with Crippen LogP contribution in [0.2, 0.25) is 0 Å². The van der Waals surface area contributed by atoms with Crippen LogP contribution in [0.15, 0.2) is 17.0 Å². The number of benzene rings is 1. The predicted octanol–water partition coefficient (Wildman–Crippen LogP) is 2.15. The minimum Gasteiger partial charge on any atom is -0.454 e. The number of thiocarbonyl (C=S) groups is 1. The van der Waals surface area contributed by atoms with Gasteiger partial charge in [-0.2, -0.15) is 0 Å². The smallest absolute Gasteiger partial charge is 0.280 e. The maximum atomic E-state index is 12.0. The zero-order chi connectivity index (χ0) is 15.1. The van der Waals surface area contributed by atoms with Crippen molar-refractivity contribution in [2.24, 2.45) is 0 Å². The Bertz CT molecular complexity index is 716. The summed E-state index contributed by atoms with van der Waals surface area (Å²) in [6.07, 6.45) is 1.45. The molecular formula is C12H8N2O5S2. The van der Waals surface area contributed by atoms with Crippen LogP contribution < -0.4 is 9.47 Å². The molecule has 1 aromatic rings. The van der Waals surface area contributed by atoms with Crippen LogP contribution in [0.1, 0.15) is 5.56 Å². The molecule has 0 aromatic heterocycles. The van der Waals surface area contributed by atoms with E-state index in [1.807, 2.05) is 0 Å². The topological polar surface area (TPSA) is 81.9 Å². The summed E-state index contributed by atoms with van der Waals surface area (Å²) in [4.78, 5) is 24.3. The summed E-state index contributed by atoms with van der Waals surface area (Å²) in [5.74, 6) is 0.456. The van der Waals surface area contributed by atoms with Crippen molar-refractivity contribution >= 4 is 46.0 Å². The molecule has 2 aliphatic rings. The molecule has 0 aliphatic carbocycles. The van der Waals surface area contributed by atoms with Gasteiger partial charge in [-0.3, -0.25) is 19.8 Å². The van der Waals surface area contributed by atoms with Crippen molar-refractivity contribution < 1.29 is 19.2 Å². The number of carbonyl (C=O) groups is 1. The molecule has 2 heterocycles. The molecule has 0 saturated carbocycles. The van der Waals surface area contributed by atoms with Crippen molar-refractivity contribution in [2.45, 2.75) is 0 Å². The Balaban J connectivity index is 2.08. The van der Waals surface area contributed by atoms with Crippen LogP contribution >= 0.6 is 24.0 Å². The molecule has 0 N–H and O–H groups in total. The number of nitro groups is 1. The van der Waals surface area contributed by atoms with Crippen molar-refractivity contribution in [3.8, 4) is 11.5 Å². The third-order valence-corrected chi connectivity index (χ3v) is 4.48. The van der Waals surface area contributed by atoms with Gasteiger partial charge in [0, 0.05) is 7.05 Å². The standard InChI is InChI=1S/C12H8N2O5S2/c1-13-11(15)10(21-12(13)20)3-6-2-8-9(19-5-18-8)4-7(6)14(16)17/h2-4H,5H2,1H3/b10-3+. The lowest BCUT2D eigenvalue weighted by Crippen LogP contribution is -2.22. The third kappa shape index (κ3) is 2.34. The zero-order valence-electron chi connectivity index (χ0n) is 10.7. The summed E-state index contributed by atoms with van der Waals surface area (Å²) in [6, 6.07) is 2.78. The number of ether oxygens (including phenoxy) is 2. The van der Waals surface area contributed by atoms with Crippen LogP contribution in [-0.4, -0.2) is 33.9 Å². The summed E-state index contributed by atoms with van der Waals surface area (Å²) in [6.45, 7) is 0.0208. The molecule has 1 amide bonds. The van der Waals surface area contributed by atoms with Gasteiger partial charge in [-0.1, -0.05) is 24.0 Å². The van der Waals surface area contributed by atoms with Gasteiger partial charge in [-0.05, 0) is 12.1 Å². The first kappa shape index (κ1) is 13.8. The number of rotatable bonds is 2. The van der Waals surface area contributed by atoms with Crippen molar-refractivity contribution in [2.75, 3.05) is 13.8 Å². The molecule has 2 aliphatic heterocycles. The van der Waals surface area contributed by atoms with Gasteiger partial charge in [-0.25, -0.2) is 0 Å². The fourth-order valence-corrected chi connectivity index (χ4v) is 3.08. The van der Waals surface area contributed by atoms with E-state index in [-0.39, 0.29) is 24.0 Å². The molecular weight excluding hydrogens is 316 g/mol. The van der Waals surface area contributed by atoms with Crippen molar-refractivity contribution in [1.82, 2.24) is 4.90 Å². The molecule has 1 saturated heterocycles. The molecule has 0 bridgehead atoms. The minimum atomic E-state index is -0.527. The number of nitro benzene ring substituents is 1. The minimum absolute atomic E-state index is 0.0208. The van der Waals surface area contributed by atoms with Gasteiger partial charge in [0.1, 0.15) is 4.32 Å². The maximum absolute atomic E-state index is 12.0. The summed E-state index contributed by atoms with van der Waals surface area (Å²) < 4.78 is 10.7. The van der Waals surface area contributed by atoms with E-state index in [1.165, 1.54) is 23.1 Å². The van der Waals surface area contributed by atoms with Crippen molar-refractivity contribution in [3.05, 3.63) is 32.7 Å². The fraction of sp³-hybridized carbons (Fsp3) is 0.167. The Morgan fingerprint density at radius 2 is 2.10 bits per heavy atom. The van der Waals surface area contributed by atoms with E-state index in [4.69, 9.17) is 21.7 Å². The van der Waals surface area contributed by atoms with E-state index in [1.54, 1.807) is 7.05 Å². The Morgan fingerprint density at radius 3 is 2.67 bits per heavy atom. The summed E-state index contributed by atoms with van der Waals surface area (Å²) in [5, 5.41) is 11.2. The normalized spacial score (nSPS) is 18.7. The van der Waals surface area contributed by atoms with E-state index < -0.39 is 4.92 Å². The summed E-state index contributed by atoms with van der Waals surface area (Å²) in [5.41, 5.74) is 0.124. The van der Waals surface area contributed by atoms with Crippen LogP contribution in [0.4, 0.5) is 5.69 Å². The lowest BCUT2D eigenvalue weighted by atomic mass is 10.1. The van der Waals surface area contributed by atoms with Crippen LogP contribution in [0.3, 0.4) is 0 Å². The van der Waals surface area contributed by atoms with Crippen molar-refractivity contribution in [3.63, 3.8) is 0 Å². The van der Waals surface area contributed by atoms with E-state index in [2.05, 4.69) is 0 Å². The maximum Gasteiger partial charge on any atom is 0.280 e. The van der Waals surface area contributed by atoms with Crippen LogP contribution in [0.5, 0.6) is 11.5 Å². The van der Waals surface area contributed by atoms with E-state index >= 15 is 0 Å². The lowest BCUT2D eigenvalue weighted by molar-refractivity contribution is -0.385. The van der Waals surface area contributed by atoms with Crippen LogP contribution in [-0.2, 0) is 4.79 Å². The van der Waals surface area contributed by atoms with E-state index in [0.717, 1.165) is 11.8 Å². The molecule has 0 radical (unpaired) electrons. The van der Waals surface area contributed by atoms with E-state index in [0.29, 0.717) is 20.7 Å². The quantitative estimate of drug-likeness (QED) is 0.357. The zero-order valence-corrected chi connectivity index (χ0v) is 12.3. The highest BCUT2D eigenvalue weighted by Gasteiger charge is 2.30. The largest absolute Gasteiger partial charge is 0.454 e. The number of nitrogens with zero attached hydrogens (tertiary/aromatic N) is 2. The summed E-state index contributed by atoms with van der Waals surface area (Å²) >= 11 is 6.13. The first-order chi connectivity index (χ1) is 9.97. The average Bonchev–Trinajstić information content (AvgIpc) is 2.98. The Labute approximate surface area is 128 Å². The Morgan fingerprint density at radius 1 is 1.43 bits per heavy atom. The predicted molar refractivity (Wildman–Crippen MR) is 80.2 cm³/mol. The number of thioether (sulfide) groups is 1. The molecule has 0 spiro atoms. The molecule has 0 atom stereocenters. The number of amides is 1. The molecule has 1 aromatic carbocycles. The number of hydrogen-bond donors (Lipinski definition) is 0. The molecule has 3 rings (SSSR count). The lowest BCUT2D eigenvalue weighted by Gasteiger charge is -2.04. The second-order valence-electron chi connectivity index (χ2n) is 4.26. The fourth-order valence-electron chi connectivity index (χ4n) is 1.91. The highest BCUT2D eigenvalue weighted by atomic mass is 32.2. The van der Waals surface area contributed by atoms with Gasteiger partial charge >= 0.3 is 0 Å². The first-order valence-electron chi connectivity index (χ1n) is 5.77. The average molecular weight is 324 g/mol. The Hall–Kier alpha value is -2.13. The number of hydrogen-bond acceptors (Lipinski definition) is 7. The molecule has 108 valence electrons. The number of fused-ring (bicyclic) bond motifs is 1. The van der Waals surface area contributed by atoms with E-state index in [9.17, 15) is 14.9 Å². The molecule has 9 heteroatoms. The Kier molecular flexibility index (Phi) is 3.30. The highest BCUT2D eigenvalue weighted by molar-refractivity contribution is 8.26. The monoisotopic (exact) mass is 324 g/mol. The molecule has 1 fully saturated rings. The van der Waals surface area contributed by atoms with Crippen molar-refractivity contribution in [1.29, 1.82) is 0 Å². The molecule has 0 unspecified atom stereocenters.